The molecule has 1 aliphatic rings. The highest BCUT2D eigenvalue weighted by Gasteiger charge is 2.41. The highest BCUT2D eigenvalue weighted by atomic mass is 19.1. The van der Waals surface area contributed by atoms with Crippen LogP contribution in [-0.2, 0) is 5.41 Å². The molecule has 0 aliphatic heterocycles. The van der Waals surface area contributed by atoms with Gasteiger partial charge in [-0.1, -0.05) is 6.42 Å². The fourth-order valence-corrected chi connectivity index (χ4v) is 3.26. The number of anilines is 2. The van der Waals surface area contributed by atoms with Gasteiger partial charge in [0.1, 0.15) is 17.3 Å². The first-order chi connectivity index (χ1) is 12.7. The molecule has 4 rings (SSSR count). The van der Waals surface area contributed by atoms with Gasteiger partial charge in [0.25, 0.3) is 0 Å². The van der Waals surface area contributed by atoms with Crippen LogP contribution in [0.15, 0.2) is 48.8 Å². The van der Waals surface area contributed by atoms with E-state index in [0.29, 0.717) is 35.1 Å². The van der Waals surface area contributed by atoms with Crippen molar-refractivity contribution in [2.24, 2.45) is 0 Å². The van der Waals surface area contributed by atoms with Gasteiger partial charge in [0.2, 0.25) is 0 Å². The summed E-state index contributed by atoms with van der Waals surface area (Å²) in [5, 5.41) is 11.7. The number of nitrogens with one attached hydrogen (secondary N) is 1. The van der Waals surface area contributed by atoms with Gasteiger partial charge in [-0.25, -0.2) is 4.39 Å². The molecule has 0 saturated heterocycles. The number of aromatic nitrogens is 4. The SMILES string of the molecule is Nc1ccc(-c2ccc(NCC3(c4ncccc4F)CCC3)nn2)nc1. The lowest BCUT2D eigenvalue weighted by Gasteiger charge is -2.41. The maximum absolute atomic E-state index is 14.2. The topological polar surface area (TPSA) is 89.6 Å². The van der Waals surface area contributed by atoms with Crippen LogP contribution >= 0.6 is 0 Å². The predicted molar refractivity (Wildman–Crippen MR) is 97.9 cm³/mol. The van der Waals surface area contributed by atoms with Gasteiger partial charge in [-0.3, -0.25) is 9.97 Å². The number of rotatable bonds is 5. The van der Waals surface area contributed by atoms with E-state index in [9.17, 15) is 4.39 Å². The molecule has 3 aromatic heterocycles. The maximum Gasteiger partial charge on any atom is 0.148 e. The van der Waals surface area contributed by atoms with E-state index in [0.717, 1.165) is 19.3 Å². The largest absolute Gasteiger partial charge is 0.397 e. The molecule has 26 heavy (non-hydrogen) atoms. The van der Waals surface area contributed by atoms with Crippen LogP contribution in [0.4, 0.5) is 15.9 Å². The van der Waals surface area contributed by atoms with Gasteiger partial charge < -0.3 is 11.1 Å². The molecule has 3 N–H and O–H groups in total. The second-order valence-corrected chi connectivity index (χ2v) is 6.60. The molecule has 0 unspecified atom stereocenters. The number of nitrogens with zero attached hydrogens (tertiary/aromatic N) is 4. The van der Waals surface area contributed by atoms with E-state index in [1.165, 1.54) is 6.07 Å². The molecule has 0 bridgehead atoms. The Morgan fingerprint density at radius 2 is 1.88 bits per heavy atom. The smallest absolute Gasteiger partial charge is 0.148 e. The van der Waals surface area contributed by atoms with E-state index in [4.69, 9.17) is 5.73 Å². The first kappa shape index (κ1) is 16.4. The summed E-state index contributed by atoms with van der Waals surface area (Å²) in [6.07, 6.45) is 6.13. The molecule has 0 aromatic carbocycles. The summed E-state index contributed by atoms with van der Waals surface area (Å²) in [5.41, 5.74) is 7.90. The maximum atomic E-state index is 14.2. The third kappa shape index (κ3) is 3.08. The van der Waals surface area contributed by atoms with E-state index in [-0.39, 0.29) is 11.2 Å². The lowest BCUT2D eigenvalue weighted by molar-refractivity contribution is 0.243. The van der Waals surface area contributed by atoms with Crippen molar-refractivity contribution in [2.75, 3.05) is 17.6 Å². The zero-order chi connectivity index (χ0) is 18.0. The summed E-state index contributed by atoms with van der Waals surface area (Å²) in [5.74, 6) is 0.400. The molecule has 7 heteroatoms. The van der Waals surface area contributed by atoms with Crippen molar-refractivity contribution in [2.45, 2.75) is 24.7 Å². The van der Waals surface area contributed by atoms with Crippen molar-refractivity contribution in [1.29, 1.82) is 0 Å². The molecule has 0 atom stereocenters. The van der Waals surface area contributed by atoms with Crippen LogP contribution < -0.4 is 11.1 Å². The second kappa shape index (κ2) is 6.67. The minimum atomic E-state index is -0.274. The van der Waals surface area contributed by atoms with Gasteiger partial charge >= 0.3 is 0 Å². The van der Waals surface area contributed by atoms with Crippen LogP contribution in [0.3, 0.4) is 0 Å². The van der Waals surface area contributed by atoms with Crippen LogP contribution in [0, 0.1) is 5.82 Å². The van der Waals surface area contributed by atoms with Crippen LogP contribution in [0.25, 0.3) is 11.4 Å². The summed E-state index contributed by atoms with van der Waals surface area (Å²) < 4.78 is 14.2. The summed E-state index contributed by atoms with van der Waals surface area (Å²) in [6, 6.07) is 10.4. The molecule has 0 radical (unpaired) electrons. The van der Waals surface area contributed by atoms with Gasteiger partial charge in [-0.15, -0.1) is 10.2 Å². The Bertz CT molecular complexity index is 891. The Labute approximate surface area is 150 Å². The Morgan fingerprint density at radius 1 is 1.04 bits per heavy atom. The number of nitrogens with two attached hydrogens (primary N) is 1. The molecule has 132 valence electrons. The summed E-state index contributed by atoms with van der Waals surface area (Å²) in [7, 11) is 0. The molecule has 1 saturated carbocycles. The summed E-state index contributed by atoms with van der Waals surface area (Å²) in [4.78, 5) is 8.51. The number of hydrogen-bond acceptors (Lipinski definition) is 6. The monoisotopic (exact) mass is 350 g/mol. The molecule has 6 nitrogen and oxygen atoms in total. The quantitative estimate of drug-likeness (QED) is 0.734. The molecular weight excluding hydrogens is 331 g/mol. The fraction of sp³-hybridized carbons (Fsp3) is 0.263. The van der Waals surface area contributed by atoms with E-state index < -0.39 is 0 Å². The van der Waals surface area contributed by atoms with Gasteiger partial charge in [0.15, 0.2) is 0 Å². The lowest BCUT2D eigenvalue weighted by Crippen LogP contribution is -2.42. The van der Waals surface area contributed by atoms with Gasteiger partial charge in [-0.05, 0) is 49.2 Å². The molecule has 1 fully saturated rings. The Balaban J connectivity index is 1.47. The summed E-state index contributed by atoms with van der Waals surface area (Å²) in [6.45, 7) is 0.578. The summed E-state index contributed by atoms with van der Waals surface area (Å²) >= 11 is 0. The molecular formula is C19H19FN6. The molecule has 3 aromatic rings. The normalized spacial score (nSPS) is 15.3. The van der Waals surface area contributed by atoms with Gasteiger partial charge in [-0.2, -0.15) is 0 Å². The van der Waals surface area contributed by atoms with Gasteiger partial charge in [0.05, 0.1) is 23.3 Å². The molecule has 1 aliphatic carbocycles. The third-order valence-electron chi connectivity index (χ3n) is 4.89. The molecule has 3 heterocycles. The van der Waals surface area contributed by atoms with E-state index >= 15 is 0 Å². The number of hydrogen-bond donors (Lipinski definition) is 2. The van der Waals surface area contributed by atoms with Crippen molar-refractivity contribution >= 4 is 11.5 Å². The highest BCUT2D eigenvalue weighted by molar-refractivity contribution is 5.56. The predicted octanol–water partition coefficient (Wildman–Crippen LogP) is 3.19. The van der Waals surface area contributed by atoms with Crippen LogP contribution in [0.5, 0.6) is 0 Å². The van der Waals surface area contributed by atoms with Crippen molar-refractivity contribution in [3.05, 3.63) is 60.3 Å². The lowest BCUT2D eigenvalue weighted by atomic mass is 9.66. The zero-order valence-corrected chi connectivity index (χ0v) is 14.2. The average Bonchev–Trinajstić information content (AvgIpc) is 2.63. The fourth-order valence-electron chi connectivity index (χ4n) is 3.26. The zero-order valence-electron chi connectivity index (χ0n) is 14.2. The van der Waals surface area contributed by atoms with Crippen LogP contribution in [-0.4, -0.2) is 26.7 Å². The van der Waals surface area contributed by atoms with Crippen molar-refractivity contribution in [3.8, 4) is 11.4 Å². The Kier molecular flexibility index (Phi) is 4.20. The Hall–Kier alpha value is -3.09. The van der Waals surface area contributed by atoms with Crippen molar-refractivity contribution < 1.29 is 4.39 Å². The second-order valence-electron chi connectivity index (χ2n) is 6.60. The Morgan fingerprint density at radius 3 is 2.50 bits per heavy atom. The van der Waals surface area contributed by atoms with Gasteiger partial charge in [0, 0.05) is 18.2 Å². The number of halogens is 1. The minimum Gasteiger partial charge on any atom is -0.397 e. The molecule has 0 spiro atoms. The number of nitrogen functional groups attached to an aromatic ring is 1. The van der Waals surface area contributed by atoms with Crippen LogP contribution in [0.2, 0.25) is 0 Å². The van der Waals surface area contributed by atoms with Crippen molar-refractivity contribution in [1.82, 2.24) is 20.2 Å². The average molecular weight is 350 g/mol. The molecule has 0 amide bonds. The standard InChI is InChI=1S/C19H19FN6/c20-14-3-1-10-22-18(14)19(8-2-9-19)12-24-17-7-6-16(25-26-17)15-5-4-13(21)11-23-15/h1,3-7,10-11H,2,8-9,12,21H2,(H,24,26). The first-order valence-corrected chi connectivity index (χ1v) is 8.57. The van der Waals surface area contributed by atoms with E-state index in [2.05, 4.69) is 25.5 Å². The minimum absolute atomic E-state index is 0.246. The number of pyridine rings is 2. The van der Waals surface area contributed by atoms with Crippen LogP contribution in [0.1, 0.15) is 25.0 Å². The van der Waals surface area contributed by atoms with E-state index in [1.54, 1.807) is 30.6 Å². The van der Waals surface area contributed by atoms with Crippen molar-refractivity contribution in [3.63, 3.8) is 0 Å². The first-order valence-electron chi connectivity index (χ1n) is 8.57. The third-order valence-corrected chi connectivity index (χ3v) is 4.89. The van der Waals surface area contributed by atoms with E-state index in [1.807, 2.05) is 12.1 Å². The highest BCUT2D eigenvalue weighted by Crippen LogP contribution is 2.43.